The largest absolute Gasteiger partial charge is 0.481 e. The Balaban J connectivity index is 3.20. The van der Waals surface area contributed by atoms with E-state index in [-0.39, 0.29) is 0 Å². The minimum Gasteiger partial charge on any atom is -0.481 e. The minimum atomic E-state index is -5.05. The molecule has 1 rings (SSSR count). The number of hydrogen-bond donors (Lipinski definition) is 4. The van der Waals surface area contributed by atoms with E-state index in [0.29, 0.717) is 5.56 Å². The summed E-state index contributed by atoms with van der Waals surface area (Å²) in [7, 11) is -5.05. The molecule has 0 radical (unpaired) electrons. The van der Waals surface area contributed by atoms with Crippen LogP contribution in [0.2, 0.25) is 0 Å². The molecule has 0 heterocycles. The molecule has 1 atom stereocenters. The zero-order chi connectivity index (χ0) is 15.4. The SMILES string of the molecule is O=C(O)CCC(Cc1ccccc1)(C(=O)O)P(=O)(O)O. The van der Waals surface area contributed by atoms with Crippen molar-refractivity contribution in [3.63, 3.8) is 0 Å². The summed E-state index contributed by atoms with van der Waals surface area (Å²) in [6.07, 6.45) is -1.71. The smallest absolute Gasteiger partial charge is 0.343 e. The Morgan fingerprint density at radius 2 is 1.65 bits per heavy atom. The molecule has 0 saturated carbocycles. The molecule has 0 bridgehead atoms. The topological polar surface area (TPSA) is 132 Å². The lowest BCUT2D eigenvalue weighted by atomic mass is 9.93. The standard InChI is InChI=1S/C12H15O7P/c13-10(14)6-7-12(11(15)16,20(17,18)19)8-9-4-2-1-3-5-9/h1-5H,6-8H2,(H,13,14)(H,15,16)(H2,17,18,19). The van der Waals surface area contributed by atoms with Gasteiger partial charge in [-0.25, -0.2) is 0 Å². The van der Waals surface area contributed by atoms with Gasteiger partial charge in [0.15, 0.2) is 5.16 Å². The van der Waals surface area contributed by atoms with Gasteiger partial charge >= 0.3 is 19.5 Å². The van der Waals surface area contributed by atoms with Gasteiger partial charge in [-0.1, -0.05) is 30.3 Å². The van der Waals surface area contributed by atoms with Crippen LogP contribution in [0.1, 0.15) is 18.4 Å². The second-order valence-corrected chi connectivity index (χ2v) is 6.38. The number of aliphatic carboxylic acids is 2. The van der Waals surface area contributed by atoms with Crippen LogP contribution in [0.4, 0.5) is 0 Å². The van der Waals surface area contributed by atoms with Gasteiger partial charge in [0.25, 0.3) is 0 Å². The lowest BCUT2D eigenvalue weighted by Gasteiger charge is -2.29. The van der Waals surface area contributed by atoms with Crippen molar-refractivity contribution in [1.82, 2.24) is 0 Å². The second kappa shape index (κ2) is 6.17. The Morgan fingerprint density at radius 1 is 1.10 bits per heavy atom. The van der Waals surface area contributed by atoms with Crippen LogP contribution in [-0.2, 0) is 20.6 Å². The van der Waals surface area contributed by atoms with Crippen LogP contribution in [0.15, 0.2) is 30.3 Å². The number of benzene rings is 1. The fourth-order valence-electron chi connectivity index (χ4n) is 1.89. The van der Waals surface area contributed by atoms with E-state index < -0.39 is 44.0 Å². The minimum absolute atomic E-state index is 0.420. The fourth-order valence-corrected chi connectivity index (χ4v) is 2.93. The van der Waals surface area contributed by atoms with Crippen molar-refractivity contribution < 1.29 is 34.2 Å². The molecule has 0 aliphatic carbocycles. The van der Waals surface area contributed by atoms with Crippen LogP contribution in [0, 0.1) is 0 Å². The van der Waals surface area contributed by atoms with Crippen molar-refractivity contribution in [3.8, 4) is 0 Å². The predicted octanol–water partition coefficient (Wildman–Crippen LogP) is 1.09. The van der Waals surface area contributed by atoms with E-state index >= 15 is 0 Å². The van der Waals surface area contributed by atoms with Gasteiger partial charge in [0.2, 0.25) is 0 Å². The van der Waals surface area contributed by atoms with Gasteiger partial charge in [-0.15, -0.1) is 0 Å². The molecular formula is C12H15O7P. The summed E-state index contributed by atoms with van der Waals surface area (Å²) in [5.74, 6) is -3.01. The number of hydrogen-bond acceptors (Lipinski definition) is 3. The molecule has 4 N–H and O–H groups in total. The summed E-state index contributed by atoms with van der Waals surface area (Å²) in [5.41, 5.74) is 0.420. The van der Waals surface area contributed by atoms with E-state index in [1.54, 1.807) is 18.2 Å². The van der Waals surface area contributed by atoms with Crippen LogP contribution in [0.25, 0.3) is 0 Å². The highest BCUT2D eigenvalue weighted by Gasteiger charge is 2.53. The lowest BCUT2D eigenvalue weighted by molar-refractivity contribution is -0.141. The Hall–Kier alpha value is -1.69. The summed E-state index contributed by atoms with van der Waals surface area (Å²) in [6, 6.07) is 7.97. The molecule has 8 heteroatoms. The Bertz CT molecular complexity index is 536. The van der Waals surface area contributed by atoms with Crippen molar-refractivity contribution >= 4 is 19.5 Å². The van der Waals surface area contributed by atoms with Gasteiger partial charge in [0.05, 0.1) is 0 Å². The first-order valence-electron chi connectivity index (χ1n) is 5.74. The molecule has 0 aliphatic heterocycles. The molecule has 1 aromatic rings. The highest BCUT2D eigenvalue weighted by atomic mass is 31.2. The maximum atomic E-state index is 11.6. The lowest BCUT2D eigenvalue weighted by Crippen LogP contribution is -2.41. The molecule has 0 fully saturated rings. The van der Waals surface area contributed by atoms with E-state index in [4.69, 9.17) is 5.11 Å². The van der Waals surface area contributed by atoms with Gasteiger partial charge in [-0.2, -0.15) is 0 Å². The quantitative estimate of drug-likeness (QED) is 0.554. The summed E-state index contributed by atoms with van der Waals surface area (Å²) < 4.78 is 11.6. The Labute approximate surface area is 115 Å². The highest BCUT2D eigenvalue weighted by molar-refractivity contribution is 7.54. The first-order chi connectivity index (χ1) is 9.19. The Kier molecular flexibility index (Phi) is 5.05. The zero-order valence-electron chi connectivity index (χ0n) is 10.5. The van der Waals surface area contributed by atoms with Crippen LogP contribution < -0.4 is 0 Å². The van der Waals surface area contributed by atoms with Gasteiger partial charge in [0, 0.05) is 12.8 Å². The molecule has 1 unspecified atom stereocenters. The summed E-state index contributed by atoms with van der Waals surface area (Å²) >= 11 is 0. The highest BCUT2D eigenvalue weighted by Crippen LogP contribution is 2.55. The van der Waals surface area contributed by atoms with E-state index in [9.17, 15) is 29.0 Å². The molecule has 0 spiro atoms. The van der Waals surface area contributed by atoms with Crippen LogP contribution in [0.3, 0.4) is 0 Å². The van der Waals surface area contributed by atoms with E-state index in [1.807, 2.05) is 0 Å². The average molecular weight is 302 g/mol. The molecule has 110 valence electrons. The average Bonchev–Trinajstić information content (AvgIpc) is 2.33. The monoisotopic (exact) mass is 302 g/mol. The molecule has 0 saturated heterocycles. The molecule has 0 aromatic heterocycles. The van der Waals surface area contributed by atoms with Crippen LogP contribution >= 0.6 is 7.60 Å². The van der Waals surface area contributed by atoms with E-state index in [2.05, 4.69) is 0 Å². The predicted molar refractivity (Wildman–Crippen MR) is 69.4 cm³/mol. The Morgan fingerprint density at radius 3 is 2.05 bits per heavy atom. The third-order valence-electron chi connectivity index (χ3n) is 3.05. The van der Waals surface area contributed by atoms with Crippen molar-refractivity contribution in [1.29, 1.82) is 0 Å². The van der Waals surface area contributed by atoms with Gasteiger partial charge in [-0.05, 0) is 12.0 Å². The van der Waals surface area contributed by atoms with Crippen LogP contribution in [-0.4, -0.2) is 37.1 Å². The molecule has 0 amide bonds. The van der Waals surface area contributed by atoms with Crippen molar-refractivity contribution in [2.75, 3.05) is 0 Å². The van der Waals surface area contributed by atoms with E-state index in [1.165, 1.54) is 12.1 Å². The molecule has 0 aliphatic rings. The van der Waals surface area contributed by atoms with Crippen LogP contribution in [0.5, 0.6) is 0 Å². The maximum Gasteiger partial charge on any atom is 0.343 e. The summed E-state index contributed by atoms with van der Waals surface area (Å²) in [5, 5.41) is 15.5. The molecule has 1 aromatic carbocycles. The second-order valence-electron chi connectivity index (χ2n) is 4.44. The fraction of sp³-hybridized carbons (Fsp3) is 0.333. The normalized spacial score (nSPS) is 14.5. The third kappa shape index (κ3) is 3.66. The number of rotatable bonds is 7. The number of carboxylic acid groups (broad SMARTS) is 2. The first-order valence-corrected chi connectivity index (χ1v) is 7.35. The third-order valence-corrected chi connectivity index (χ3v) is 4.74. The van der Waals surface area contributed by atoms with E-state index in [0.717, 1.165) is 0 Å². The maximum absolute atomic E-state index is 11.6. The number of carbonyl (C=O) groups is 2. The van der Waals surface area contributed by atoms with Crippen molar-refractivity contribution in [2.24, 2.45) is 0 Å². The first kappa shape index (κ1) is 16.4. The summed E-state index contributed by atoms with van der Waals surface area (Å²) in [6.45, 7) is 0. The zero-order valence-corrected chi connectivity index (χ0v) is 11.4. The van der Waals surface area contributed by atoms with Gasteiger partial charge in [-0.3, -0.25) is 14.2 Å². The molecule has 7 nitrogen and oxygen atoms in total. The van der Waals surface area contributed by atoms with Gasteiger partial charge in [0.1, 0.15) is 0 Å². The number of carboxylic acids is 2. The van der Waals surface area contributed by atoms with Gasteiger partial charge < -0.3 is 20.0 Å². The van der Waals surface area contributed by atoms with Crippen molar-refractivity contribution in [3.05, 3.63) is 35.9 Å². The van der Waals surface area contributed by atoms with Crippen molar-refractivity contribution in [2.45, 2.75) is 24.4 Å². The molecule has 20 heavy (non-hydrogen) atoms. The molecular weight excluding hydrogens is 287 g/mol. The summed E-state index contributed by atoms with van der Waals surface area (Å²) in [4.78, 5) is 40.8.